The van der Waals surface area contributed by atoms with Gasteiger partial charge in [0.2, 0.25) is 5.82 Å². The molecule has 3 heterocycles. The Labute approximate surface area is 168 Å². The molecular weight excluding hydrogens is 376 g/mol. The van der Waals surface area contributed by atoms with Crippen molar-refractivity contribution in [2.45, 2.75) is 25.8 Å². The number of halogens is 1. The lowest BCUT2D eigenvalue weighted by Gasteiger charge is -2.25. The molecule has 2 aromatic heterocycles. The zero-order valence-electron chi connectivity index (χ0n) is 15.4. The molecular formula is C21H21ClN4O2. The molecule has 0 atom stereocenters. The molecule has 0 aliphatic carbocycles. The summed E-state index contributed by atoms with van der Waals surface area (Å²) in [6.07, 6.45) is 4.91. The second kappa shape index (κ2) is 8.02. The SMILES string of the molecule is O=C(NCc1ccc(Cl)cc1)c1nc(C(=O)N2CCCCC2)c2ccccn12. The third-order valence-electron chi connectivity index (χ3n) is 4.96. The van der Waals surface area contributed by atoms with E-state index in [1.54, 1.807) is 22.7 Å². The number of likely N-dealkylation sites (tertiary alicyclic amines) is 1. The molecule has 1 saturated heterocycles. The molecule has 0 radical (unpaired) electrons. The van der Waals surface area contributed by atoms with Gasteiger partial charge in [-0.1, -0.05) is 29.8 Å². The van der Waals surface area contributed by atoms with E-state index >= 15 is 0 Å². The van der Waals surface area contributed by atoms with Gasteiger partial charge in [-0.15, -0.1) is 0 Å². The van der Waals surface area contributed by atoms with Crippen LogP contribution in [0.1, 0.15) is 45.9 Å². The molecule has 6 nitrogen and oxygen atoms in total. The highest BCUT2D eigenvalue weighted by molar-refractivity contribution is 6.30. The van der Waals surface area contributed by atoms with E-state index in [1.807, 2.05) is 35.2 Å². The fourth-order valence-electron chi connectivity index (χ4n) is 3.47. The largest absolute Gasteiger partial charge is 0.345 e. The highest BCUT2D eigenvalue weighted by Crippen LogP contribution is 2.18. The van der Waals surface area contributed by atoms with Crippen molar-refractivity contribution >= 4 is 28.9 Å². The number of amides is 2. The number of piperidine rings is 1. The number of fused-ring (bicyclic) bond motifs is 1. The maximum Gasteiger partial charge on any atom is 0.287 e. The minimum atomic E-state index is -0.325. The number of nitrogens with zero attached hydrogens (tertiary/aromatic N) is 3. The lowest BCUT2D eigenvalue weighted by atomic mass is 10.1. The van der Waals surface area contributed by atoms with E-state index in [-0.39, 0.29) is 17.6 Å². The van der Waals surface area contributed by atoms with E-state index in [4.69, 9.17) is 11.6 Å². The quantitative estimate of drug-likeness (QED) is 0.733. The van der Waals surface area contributed by atoms with E-state index in [2.05, 4.69) is 10.3 Å². The van der Waals surface area contributed by atoms with Crippen molar-refractivity contribution in [3.63, 3.8) is 0 Å². The zero-order chi connectivity index (χ0) is 19.5. The molecule has 1 aliphatic rings. The lowest BCUT2D eigenvalue weighted by molar-refractivity contribution is 0.0721. The summed E-state index contributed by atoms with van der Waals surface area (Å²) >= 11 is 5.90. The smallest absolute Gasteiger partial charge is 0.287 e. The molecule has 4 rings (SSSR count). The van der Waals surface area contributed by atoms with Gasteiger partial charge in [-0.2, -0.15) is 0 Å². The molecule has 0 bridgehead atoms. The van der Waals surface area contributed by atoms with E-state index < -0.39 is 0 Å². The van der Waals surface area contributed by atoms with Gasteiger partial charge in [0.25, 0.3) is 11.8 Å². The topological polar surface area (TPSA) is 66.7 Å². The predicted octanol–water partition coefficient (Wildman–Crippen LogP) is 3.54. The molecule has 1 aromatic carbocycles. The third-order valence-corrected chi connectivity index (χ3v) is 5.22. The summed E-state index contributed by atoms with van der Waals surface area (Å²) in [7, 11) is 0. The molecule has 0 spiro atoms. The van der Waals surface area contributed by atoms with Crippen molar-refractivity contribution < 1.29 is 9.59 Å². The average molecular weight is 397 g/mol. The Bertz CT molecular complexity index is 1010. The van der Waals surface area contributed by atoms with Crippen LogP contribution in [-0.2, 0) is 6.54 Å². The molecule has 1 aliphatic heterocycles. The molecule has 28 heavy (non-hydrogen) atoms. The van der Waals surface area contributed by atoms with Crippen LogP contribution in [0.3, 0.4) is 0 Å². The summed E-state index contributed by atoms with van der Waals surface area (Å²) < 4.78 is 1.67. The monoisotopic (exact) mass is 396 g/mol. The first kappa shape index (κ1) is 18.5. The number of rotatable bonds is 4. The average Bonchev–Trinajstić information content (AvgIpc) is 3.13. The maximum atomic E-state index is 13.0. The fraction of sp³-hybridized carbons (Fsp3) is 0.286. The van der Waals surface area contributed by atoms with Gasteiger partial charge in [0, 0.05) is 30.9 Å². The molecule has 3 aromatic rings. The number of nitrogens with one attached hydrogen (secondary N) is 1. The molecule has 0 saturated carbocycles. The Balaban J connectivity index is 1.59. The number of carbonyl (C=O) groups is 2. The summed E-state index contributed by atoms with van der Waals surface area (Å²) in [4.78, 5) is 32.0. The number of hydrogen-bond donors (Lipinski definition) is 1. The highest BCUT2D eigenvalue weighted by Gasteiger charge is 2.25. The van der Waals surface area contributed by atoms with Crippen LogP contribution in [0, 0.1) is 0 Å². The first-order chi connectivity index (χ1) is 13.6. The highest BCUT2D eigenvalue weighted by atomic mass is 35.5. The normalized spacial score (nSPS) is 14.2. The lowest BCUT2D eigenvalue weighted by Crippen LogP contribution is -2.36. The van der Waals surface area contributed by atoms with Gasteiger partial charge >= 0.3 is 0 Å². The summed E-state index contributed by atoms with van der Waals surface area (Å²) in [5.74, 6) is -0.223. The number of aromatic nitrogens is 2. The van der Waals surface area contributed by atoms with E-state index in [9.17, 15) is 9.59 Å². The Morgan fingerprint density at radius 2 is 1.79 bits per heavy atom. The van der Waals surface area contributed by atoms with Crippen LogP contribution in [0.2, 0.25) is 5.02 Å². The Morgan fingerprint density at radius 3 is 2.54 bits per heavy atom. The van der Waals surface area contributed by atoms with E-state index in [0.29, 0.717) is 22.8 Å². The number of pyridine rings is 1. The minimum Gasteiger partial charge on any atom is -0.345 e. The van der Waals surface area contributed by atoms with Gasteiger partial charge in [0.15, 0.2) is 5.69 Å². The van der Waals surface area contributed by atoms with Crippen LogP contribution in [0.5, 0.6) is 0 Å². The molecule has 7 heteroatoms. The number of benzene rings is 1. The van der Waals surface area contributed by atoms with Gasteiger partial charge in [-0.3, -0.25) is 14.0 Å². The van der Waals surface area contributed by atoms with Gasteiger partial charge < -0.3 is 10.2 Å². The first-order valence-electron chi connectivity index (χ1n) is 9.42. The van der Waals surface area contributed by atoms with Crippen LogP contribution in [0.4, 0.5) is 0 Å². The predicted molar refractivity (Wildman–Crippen MR) is 108 cm³/mol. The Kier molecular flexibility index (Phi) is 5.30. The van der Waals surface area contributed by atoms with Crippen molar-refractivity contribution in [2.75, 3.05) is 13.1 Å². The van der Waals surface area contributed by atoms with Gasteiger partial charge in [0.1, 0.15) is 0 Å². The van der Waals surface area contributed by atoms with Crippen molar-refractivity contribution in [1.82, 2.24) is 19.6 Å². The molecule has 2 amide bonds. The summed E-state index contributed by atoms with van der Waals surface area (Å²) in [5.41, 5.74) is 1.91. The molecule has 1 fully saturated rings. The summed E-state index contributed by atoms with van der Waals surface area (Å²) in [6, 6.07) is 12.8. The first-order valence-corrected chi connectivity index (χ1v) is 9.80. The number of hydrogen-bond acceptors (Lipinski definition) is 3. The zero-order valence-corrected chi connectivity index (χ0v) is 16.2. The van der Waals surface area contributed by atoms with Crippen molar-refractivity contribution in [2.24, 2.45) is 0 Å². The molecule has 0 unspecified atom stereocenters. The van der Waals surface area contributed by atoms with Crippen LogP contribution < -0.4 is 5.32 Å². The van der Waals surface area contributed by atoms with Gasteiger partial charge in [-0.05, 0) is 49.1 Å². The fourth-order valence-corrected chi connectivity index (χ4v) is 3.59. The molecule has 1 N–H and O–H groups in total. The van der Waals surface area contributed by atoms with Gasteiger partial charge in [-0.25, -0.2) is 4.98 Å². The minimum absolute atomic E-state index is 0.111. The van der Waals surface area contributed by atoms with Crippen LogP contribution >= 0.6 is 11.6 Å². The Hall–Kier alpha value is -2.86. The van der Waals surface area contributed by atoms with Crippen molar-refractivity contribution in [3.05, 3.63) is 70.8 Å². The van der Waals surface area contributed by atoms with E-state index in [1.165, 1.54) is 0 Å². The van der Waals surface area contributed by atoms with E-state index in [0.717, 1.165) is 37.9 Å². The number of carbonyl (C=O) groups excluding carboxylic acids is 2. The summed E-state index contributed by atoms with van der Waals surface area (Å²) in [5, 5.41) is 3.52. The number of imidazole rings is 1. The van der Waals surface area contributed by atoms with Gasteiger partial charge in [0.05, 0.1) is 5.52 Å². The second-order valence-electron chi connectivity index (χ2n) is 6.90. The van der Waals surface area contributed by atoms with Crippen molar-refractivity contribution in [1.29, 1.82) is 0 Å². The maximum absolute atomic E-state index is 13.0. The van der Waals surface area contributed by atoms with Crippen LogP contribution in [0.15, 0.2) is 48.7 Å². The van der Waals surface area contributed by atoms with Crippen LogP contribution in [-0.4, -0.2) is 39.2 Å². The van der Waals surface area contributed by atoms with Crippen molar-refractivity contribution in [3.8, 4) is 0 Å². The summed E-state index contributed by atoms with van der Waals surface area (Å²) in [6.45, 7) is 1.83. The molecule has 144 valence electrons. The second-order valence-corrected chi connectivity index (χ2v) is 7.34. The third kappa shape index (κ3) is 3.73. The Morgan fingerprint density at radius 1 is 1.04 bits per heavy atom. The van der Waals surface area contributed by atoms with Crippen LogP contribution in [0.25, 0.3) is 5.52 Å². The standard InChI is InChI=1S/C21H21ClN4O2/c22-16-9-7-15(8-10-16)14-23-20(27)19-24-18(17-6-2-5-13-26(17)19)21(28)25-11-3-1-4-12-25/h2,5-10,13H,1,3-4,11-12,14H2,(H,23,27).